The fourth-order valence-corrected chi connectivity index (χ4v) is 3.39. The molecule has 1 atom stereocenters. The van der Waals surface area contributed by atoms with Crippen LogP contribution in [0.2, 0.25) is 0 Å². The van der Waals surface area contributed by atoms with Crippen LogP contribution < -0.4 is 0 Å². The molecule has 2 fully saturated rings. The Balaban J connectivity index is 1.66. The topological polar surface area (TPSA) is 15.7 Å². The maximum atomic E-state index is 5.15. The van der Waals surface area contributed by atoms with E-state index in [1.165, 1.54) is 51.7 Å². The predicted molar refractivity (Wildman–Crippen MR) is 71.3 cm³/mol. The number of hydrogen-bond acceptors (Lipinski definition) is 3. The highest BCUT2D eigenvalue weighted by Gasteiger charge is 2.26. The number of methoxy groups -OCH3 is 1. The molecular formula is C14H28N2O. The molecule has 0 radical (unpaired) electrons. The zero-order chi connectivity index (χ0) is 12.1. The third kappa shape index (κ3) is 3.94. The summed E-state index contributed by atoms with van der Waals surface area (Å²) in [7, 11) is 4.12. The van der Waals surface area contributed by atoms with Crippen molar-refractivity contribution in [3.05, 3.63) is 0 Å². The van der Waals surface area contributed by atoms with E-state index in [1.807, 2.05) is 0 Å². The third-order valence-corrected chi connectivity index (χ3v) is 4.48. The molecule has 1 saturated heterocycles. The van der Waals surface area contributed by atoms with Crippen LogP contribution >= 0.6 is 0 Å². The highest BCUT2D eigenvalue weighted by molar-refractivity contribution is 4.81. The lowest BCUT2D eigenvalue weighted by molar-refractivity contribution is 0.154. The van der Waals surface area contributed by atoms with Crippen molar-refractivity contribution in [2.24, 2.45) is 5.92 Å². The number of nitrogens with zero attached hydrogens (tertiary/aromatic N) is 2. The Kier molecular flexibility index (Phi) is 5.26. The summed E-state index contributed by atoms with van der Waals surface area (Å²) in [6, 6.07) is 0.878. The Morgan fingerprint density at radius 1 is 1.24 bits per heavy atom. The van der Waals surface area contributed by atoms with Gasteiger partial charge in [-0.1, -0.05) is 12.8 Å². The fraction of sp³-hybridized carbons (Fsp3) is 1.00. The first-order chi connectivity index (χ1) is 8.29. The van der Waals surface area contributed by atoms with Crippen LogP contribution in [0.15, 0.2) is 0 Å². The van der Waals surface area contributed by atoms with Crippen molar-refractivity contribution in [1.82, 2.24) is 9.80 Å². The minimum atomic E-state index is 0.878. The van der Waals surface area contributed by atoms with Crippen molar-refractivity contribution in [2.45, 2.75) is 38.1 Å². The van der Waals surface area contributed by atoms with E-state index in [4.69, 9.17) is 4.74 Å². The SMILES string of the molecule is COCCN1CCC(CN(C)C2CCCC2)C1. The quantitative estimate of drug-likeness (QED) is 0.704. The van der Waals surface area contributed by atoms with Crippen LogP contribution in [0, 0.1) is 5.92 Å². The van der Waals surface area contributed by atoms with Crippen molar-refractivity contribution < 1.29 is 4.74 Å². The Morgan fingerprint density at radius 3 is 2.71 bits per heavy atom. The molecule has 2 aliphatic rings. The van der Waals surface area contributed by atoms with Gasteiger partial charge in [0, 0.05) is 32.8 Å². The van der Waals surface area contributed by atoms with Crippen LogP contribution in [-0.2, 0) is 4.74 Å². The molecular weight excluding hydrogens is 212 g/mol. The second-order valence-electron chi connectivity index (χ2n) is 5.83. The molecule has 1 saturated carbocycles. The Bertz CT molecular complexity index is 216. The zero-order valence-corrected chi connectivity index (χ0v) is 11.5. The van der Waals surface area contributed by atoms with Gasteiger partial charge >= 0.3 is 0 Å². The normalized spacial score (nSPS) is 27.4. The standard InChI is InChI=1S/C14H28N2O/c1-15(14-5-3-4-6-14)11-13-7-8-16(12-13)9-10-17-2/h13-14H,3-12H2,1-2H3. The first-order valence-corrected chi connectivity index (χ1v) is 7.21. The molecule has 1 aliphatic carbocycles. The van der Waals surface area contributed by atoms with Gasteiger partial charge in [-0.2, -0.15) is 0 Å². The Labute approximate surface area is 106 Å². The lowest BCUT2D eigenvalue weighted by Gasteiger charge is -2.27. The number of hydrogen-bond donors (Lipinski definition) is 0. The first kappa shape index (κ1) is 13.3. The number of rotatable bonds is 6. The molecule has 0 N–H and O–H groups in total. The molecule has 3 nitrogen and oxygen atoms in total. The predicted octanol–water partition coefficient (Wildman–Crippen LogP) is 1.83. The van der Waals surface area contributed by atoms with Gasteiger partial charge in [-0.3, -0.25) is 0 Å². The summed E-state index contributed by atoms with van der Waals surface area (Å²) in [6.07, 6.45) is 7.12. The summed E-state index contributed by atoms with van der Waals surface area (Å²) in [5.41, 5.74) is 0. The van der Waals surface area contributed by atoms with E-state index < -0.39 is 0 Å². The average Bonchev–Trinajstić information content (AvgIpc) is 2.97. The molecule has 100 valence electrons. The van der Waals surface area contributed by atoms with Gasteiger partial charge in [-0.05, 0) is 38.8 Å². The first-order valence-electron chi connectivity index (χ1n) is 7.21. The van der Waals surface area contributed by atoms with Gasteiger partial charge in [-0.25, -0.2) is 0 Å². The van der Waals surface area contributed by atoms with E-state index in [-0.39, 0.29) is 0 Å². The maximum Gasteiger partial charge on any atom is 0.0589 e. The average molecular weight is 240 g/mol. The molecule has 0 aromatic rings. The van der Waals surface area contributed by atoms with Crippen LogP contribution in [0.1, 0.15) is 32.1 Å². The van der Waals surface area contributed by atoms with E-state index in [9.17, 15) is 0 Å². The molecule has 1 unspecified atom stereocenters. The summed E-state index contributed by atoms with van der Waals surface area (Å²) in [6.45, 7) is 5.84. The third-order valence-electron chi connectivity index (χ3n) is 4.48. The molecule has 0 aromatic carbocycles. The van der Waals surface area contributed by atoms with Crippen LogP contribution in [0.25, 0.3) is 0 Å². The summed E-state index contributed by atoms with van der Waals surface area (Å²) < 4.78 is 5.15. The second kappa shape index (κ2) is 6.72. The maximum absolute atomic E-state index is 5.15. The summed E-state index contributed by atoms with van der Waals surface area (Å²) >= 11 is 0. The molecule has 1 heterocycles. The Hall–Kier alpha value is -0.120. The minimum Gasteiger partial charge on any atom is -0.383 e. The molecule has 0 aromatic heterocycles. The van der Waals surface area contributed by atoms with Gasteiger partial charge < -0.3 is 14.5 Å². The fourth-order valence-electron chi connectivity index (χ4n) is 3.39. The van der Waals surface area contributed by atoms with Crippen LogP contribution in [0.4, 0.5) is 0 Å². The van der Waals surface area contributed by atoms with Gasteiger partial charge in [0.1, 0.15) is 0 Å². The van der Waals surface area contributed by atoms with E-state index in [0.29, 0.717) is 0 Å². The van der Waals surface area contributed by atoms with Crippen molar-refractivity contribution in [3.63, 3.8) is 0 Å². The smallest absolute Gasteiger partial charge is 0.0589 e. The second-order valence-corrected chi connectivity index (χ2v) is 5.83. The van der Waals surface area contributed by atoms with Gasteiger partial charge in [0.05, 0.1) is 6.61 Å². The molecule has 1 aliphatic heterocycles. The minimum absolute atomic E-state index is 0.878. The largest absolute Gasteiger partial charge is 0.383 e. The van der Waals surface area contributed by atoms with Gasteiger partial charge in [0.25, 0.3) is 0 Å². The van der Waals surface area contributed by atoms with E-state index in [0.717, 1.165) is 25.1 Å². The van der Waals surface area contributed by atoms with Crippen LogP contribution in [-0.4, -0.2) is 62.8 Å². The van der Waals surface area contributed by atoms with Crippen molar-refractivity contribution in [3.8, 4) is 0 Å². The van der Waals surface area contributed by atoms with E-state index in [2.05, 4.69) is 16.8 Å². The molecule has 2 rings (SSSR count). The van der Waals surface area contributed by atoms with E-state index in [1.54, 1.807) is 7.11 Å². The molecule has 0 spiro atoms. The lowest BCUT2D eigenvalue weighted by atomic mass is 10.1. The van der Waals surface area contributed by atoms with Crippen LogP contribution in [0.3, 0.4) is 0 Å². The molecule has 0 bridgehead atoms. The van der Waals surface area contributed by atoms with E-state index >= 15 is 0 Å². The molecule has 17 heavy (non-hydrogen) atoms. The Morgan fingerprint density at radius 2 is 2.00 bits per heavy atom. The highest BCUT2D eigenvalue weighted by Crippen LogP contribution is 2.25. The van der Waals surface area contributed by atoms with Crippen LogP contribution in [0.5, 0.6) is 0 Å². The summed E-state index contributed by atoms with van der Waals surface area (Å²) in [5, 5.41) is 0. The van der Waals surface area contributed by atoms with Crippen molar-refractivity contribution in [1.29, 1.82) is 0 Å². The summed E-state index contributed by atoms with van der Waals surface area (Å²) in [4.78, 5) is 5.17. The highest BCUT2D eigenvalue weighted by atomic mass is 16.5. The molecule has 3 heteroatoms. The van der Waals surface area contributed by atoms with Gasteiger partial charge in [0.15, 0.2) is 0 Å². The van der Waals surface area contributed by atoms with Gasteiger partial charge in [-0.15, -0.1) is 0 Å². The lowest BCUT2D eigenvalue weighted by Crippen LogP contribution is -2.35. The van der Waals surface area contributed by atoms with Crippen molar-refractivity contribution >= 4 is 0 Å². The van der Waals surface area contributed by atoms with Gasteiger partial charge in [0.2, 0.25) is 0 Å². The van der Waals surface area contributed by atoms with Crippen molar-refractivity contribution in [2.75, 3.05) is 46.9 Å². The number of ether oxygens (including phenoxy) is 1. The monoisotopic (exact) mass is 240 g/mol. The molecule has 0 amide bonds. The summed E-state index contributed by atoms with van der Waals surface area (Å²) in [5.74, 6) is 0.887. The number of likely N-dealkylation sites (tertiary alicyclic amines) is 1. The zero-order valence-electron chi connectivity index (χ0n) is 11.5.